The van der Waals surface area contributed by atoms with E-state index in [9.17, 15) is 0 Å². The van der Waals surface area contributed by atoms with E-state index >= 15 is 0 Å². The third-order valence-electron chi connectivity index (χ3n) is 3.18. The third-order valence-corrected chi connectivity index (χ3v) is 4.61. The number of ether oxygens (including phenoxy) is 2. The highest BCUT2D eigenvalue weighted by Crippen LogP contribution is 2.44. The lowest BCUT2D eigenvalue weighted by atomic mass is 10.2. The van der Waals surface area contributed by atoms with Crippen molar-refractivity contribution in [3.63, 3.8) is 0 Å². The van der Waals surface area contributed by atoms with Gasteiger partial charge in [-0.15, -0.1) is 0 Å². The number of rotatable bonds is 12. The van der Waals surface area contributed by atoms with E-state index in [0.717, 1.165) is 31.4 Å². The van der Waals surface area contributed by atoms with E-state index in [4.69, 9.17) is 72.3 Å². The molecular formula is C18H22Cl5NO3. The van der Waals surface area contributed by atoms with E-state index in [1.807, 2.05) is 13.8 Å². The molecule has 1 rings (SSSR count). The first-order chi connectivity index (χ1) is 12.8. The van der Waals surface area contributed by atoms with Gasteiger partial charge in [-0.05, 0) is 45.6 Å². The predicted molar refractivity (Wildman–Crippen MR) is 115 cm³/mol. The molecular weight excluding hydrogens is 455 g/mol. The second kappa shape index (κ2) is 13.6. The highest BCUT2D eigenvalue weighted by Gasteiger charge is 2.17. The van der Waals surface area contributed by atoms with Gasteiger partial charge in [0.25, 0.3) is 0 Å². The molecule has 0 saturated heterocycles. The molecule has 9 heteroatoms. The van der Waals surface area contributed by atoms with E-state index in [-0.39, 0.29) is 21.1 Å². The molecule has 0 radical (unpaired) electrons. The van der Waals surface area contributed by atoms with Gasteiger partial charge in [0, 0.05) is 6.07 Å². The zero-order chi connectivity index (χ0) is 20.2. The third kappa shape index (κ3) is 10.00. The van der Waals surface area contributed by atoms with Crippen molar-refractivity contribution in [2.75, 3.05) is 19.8 Å². The van der Waals surface area contributed by atoms with Gasteiger partial charge < -0.3 is 14.3 Å². The lowest BCUT2D eigenvalue weighted by Gasteiger charge is -2.14. The Bertz CT molecular complexity index is 657. The smallest absolute Gasteiger partial charge is 0.158 e. The quantitative estimate of drug-likeness (QED) is 0.134. The van der Waals surface area contributed by atoms with Crippen LogP contribution >= 0.6 is 58.0 Å². The number of oxime groups is 1. The Kier molecular flexibility index (Phi) is 12.4. The van der Waals surface area contributed by atoms with Crippen molar-refractivity contribution in [1.29, 1.82) is 0 Å². The molecule has 4 nitrogen and oxygen atoms in total. The first-order valence-corrected chi connectivity index (χ1v) is 10.3. The summed E-state index contributed by atoms with van der Waals surface area (Å²) in [5.41, 5.74) is 0.909. The van der Waals surface area contributed by atoms with Gasteiger partial charge >= 0.3 is 0 Å². The van der Waals surface area contributed by atoms with Gasteiger partial charge in [-0.25, -0.2) is 0 Å². The second-order valence-corrected chi connectivity index (χ2v) is 7.92. The Balaban J connectivity index is 2.41. The number of nitrogens with zero attached hydrogens (tertiary/aromatic N) is 1. The van der Waals surface area contributed by atoms with Crippen LogP contribution in [0, 0.1) is 0 Å². The molecule has 0 atom stereocenters. The molecule has 0 aliphatic carbocycles. The fourth-order valence-electron chi connectivity index (χ4n) is 1.96. The van der Waals surface area contributed by atoms with E-state index < -0.39 is 0 Å². The largest absolute Gasteiger partial charge is 0.490 e. The fraction of sp³-hybridized carbons (Fsp3) is 0.500. The van der Waals surface area contributed by atoms with Gasteiger partial charge in [0.15, 0.2) is 5.75 Å². The van der Waals surface area contributed by atoms with Crippen molar-refractivity contribution in [1.82, 2.24) is 0 Å². The molecule has 152 valence electrons. The van der Waals surface area contributed by atoms with E-state index in [0.29, 0.717) is 29.7 Å². The maximum Gasteiger partial charge on any atom is 0.158 e. The monoisotopic (exact) mass is 475 g/mol. The van der Waals surface area contributed by atoms with Crippen LogP contribution in [0.2, 0.25) is 15.1 Å². The first kappa shape index (κ1) is 24.5. The van der Waals surface area contributed by atoms with Crippen LogP contribution in [0.5, 0.6) is 11.5 Å². The summed E-state index contributed by atoms with van der Waals surface area (Å²) < 4.78 is 11.2. The van der Waals surface area contributed by atoms with Crippen molar-refractivity contribution in [2.24, 2.45) is 5.16 Å². The minimum absolute atomic E-state index is 0.100. The first-order valence-electron chi connectivity index (χ1n) is 8.40. The van der Waals surface area contributed by atoms with Gasteiger partial charge in [-0.2, -0.15) is 0 Å². The Labute approximate surface area is 185 Å². The van der Waals surface area contributed by atoms with Crippen LogP contribution in [0.25, 0.3) is 0 Å². The molecule has 0 fully saturated rings. The molecule has 0 heterocycles. The van der Waals surface area contributed by atoms with Crippen LogP contribution < -0.4 is 9.47 Å². The number of unbranched alkanes of at least 4 members (excludes halogenated alkanes) is 3. The summed E-state index contributed by atoms with van der Waals surface area (Å²) in [6, 6.07) is 1.55. The summed E-state index contributed by atoms with van der Waals surface area (Å²) in [5.74, 6) is 0.674. The van der Waals surface area contributed by atoms with Crippen LogP contribution in [0.3, 0.4) is 0 Å². The summed E-state index contributed by atoms with van der Waals surface area (Å²) in [6.45, 7) is 5.02. The Hall–Kier alpha value is -0.520. The average molecular weight is 478 g/mol. The van der Waals surface area contributed by atoms with Crippen LogP contribution in [0.15, 0.2) is 21.8 Å². The Morgan fingerprint density at radius 2 is 1.63 bits per heavy atom. The van der Waals surface area contributed by atoms with E-state index in [2.05, 4.69) is 5.16 Å². The zero-order valence-electron chi connectivity index (χ0n) is 15.2. The van der Waals surface area contributed by atoms with Crippen molar-refractivity contribution in [3.8, 4) is 11.5 Å². The van der Waals surface area contributed by atoms with Crippen LogP contribution in [0.1, 0.15) is 39.5 Å². The summed E-state index contributed by atoms with van der Waals surface area (Å²) in [5, 5.41) is 4.64. The molecule has 0 saturated carbocycles. The Morgan fingerprint density at radius 3 is 2.26 bits per heavy atom. The van der Waals surface area contributed by atoms with Gasteiger partial charge in [-0.3, -0.25) is 0 Å². The molecule has 0 amide bonds. The minimum atomic E-state index is 0.100. The number of hydrogen-bond donors (Lipinski definition) is 0. The second-order valence-electron chi connectivity index (χ2n) is 5.75. The maximum atomic E-state index is 6.25. The lowest BCUT2D eigenvalue weighted by Crippen LogP contribution is -2.01. The van der Waals surface area contributed by atoms with Crippen LogP contribution in [-0.2, 0) is 4.84 Å². The molecule has 0 aromatic heterocycles. The molecule has 0 bridgehead atoms. The van der Waals surface area contributed by atoms with Crippen LogP contribution in [-0.4, -0.2) is 25.5 Å². The number of hydrogen-bond acceptors (Lipinski definition) is 4. The molecule has 0 spiro atoms. The molecule has 0 aliphatic heterocycles. The predicted octanol–water partition coefficient (Wildman–Crippen LogP) is 7.70. The SMILES string of the molecule is CC(C)=NOCCCCCCOc1c(Cl)cc(OCC=C(Cl)Cl)c(Cl)c1Cl. The standard InChI is InChI=1S/C18H22Cl5NO3/c1-12(2)24-27-9-6-4-3-5-8-26-18-13(19)11-14(16(22)17(18)23)25-10-7-15(20)21/h7,11H,3-6,8-10H2,1-2H3. The normalized spacial score (nSPS) is 10.3. The Morgan fingerprint density at radius 1 is 0.963 bits per heavy atom. The van der Waals surface area contributed by atoms with E-state index in [1.54, 1.807) is 6.07 Å². The molecule has 0 N–H and O–H groups in total. The van der Waals surface area contributed by atoms with Gasteiger partial charge in [-0.1, -0.05) is 63.2 Å². The average Bonchev–Trinajstić information content (AvgIpc) is 2.59. The number of halogens is 5. The molecule has 0 unspecified atom stereocenters. The van der Waals surface area contributed by atoms with Crippen LogP contribution in [0.4, 0.5) is 0 Å². The van der Waals surface area contributed by atoms with Crippen molar-refractivity contribution < 1.29 is 14.3 Å². The minimum Gasteiger partial charge on any atom is -0.490 e. The molecule has 27 heavy (non-hydrogen) atoms. The van der Waals surface area contributed by atoms with E-state index in [1.165, 1.54) is 6.08 Å². The van der Waals surface area contributed by atoms with Crippen molar-refractivity contribution in [2.45, 2.75) is 39.5 Å². The highest BCUT2D eigenvalue weighted by atomic mass is 35.5. The topological polar surface area (TPSA) is 40.0 Å². The molecule has 1 aromatic rings. The summed E-state index contributed by atoms with van der Waals surface area (Å²) in [6.07, 6.45) is 5.29. The zero-order valence-corrected chi connectivity index (χ0v) is 18.9. The fourth-order valence-corrected chi connectivity index (χ4v) is 2.83. The van der Waals surface area contributed by atoms with Gasteiger partial charge in [0.1, 0.15) is 33.5 Å². The van der Waals surface area contributed by atoms with Gasteiger partial charge in [0.05, 0.1) is 17.3 Å². The number of benzene rings is 1. The van der Waals surface area contributed by atoms with Gasteiger partial charge in [0.2, 0.25) is 0 Å². The maximum absolute atomic E-state index is 6.25. The highest BCUT2D eigenvalue weighted by molar-refractivity contribution is 6.55. The summed E-state index contributed by atoms with van der Waals surface area (Å²) in [4.78, 5) is 5.14. The lowest BCUT2D eigenvalue weighted by molar-refractivity contribution is 0.139. The van der Waals surface area contributed by atoms with Crippen molar-refractivity contribution >= 4 is 63.7 Å². The summed E-state index contributed by atoms with van der Waals surface area (Å²) >= 11 is 29.8. The molecule has 0 aliphatic rings. The molecule has 1 aromatic carbocycles. The van der Waals surface area contributed by atoms with Crippen molar-refractivity contribution in [3.05, 3.63) is 31.7 Å². The summed E-state index contributed by atoms with van der Waals surface area (Å²) in [7, 11) is 0.